The van der Waals surface area contributed by atoms with Crippen LogP contribution in [0.25, 0.3) is 0 Å². The van der Waals surface area contributed by atoms with E-state index in [0.717, 1.165) is 22.4 Å². The molecule has 0 saturated carbocycles. The maximum absolute atomic E-state index is 13.3. The zero-order chi connectivity index (χ0) is 12.7. The van der Waals surface area contributed by atoms with Crippen LogP contribution in [-0.2, 0) is 6.42 Å². The minimum atomic E-state index is -0.241. The highest BCUT2D eigenvalue weighted by atomic mass is 35.5. The topological polar surface area (TPSA) is 12.4 Å². The monoisotopic (exact) mass is 259 g/mol. The highest BCUT2D eigenvalue weighted by Crippen LogP contribution is 2.30. The lowest BCUT2D eigenvalue weighted by atomic mass is 9.99. The third-order valence-electron chi connectivity index (χ3n) is 3.12. The zero-order valence-electron chi connectivity index (χ0n) is 9.87. The highest BCUT2D eigenvalue weighted by Gasteiger charge is 2.15. The molecule has 0 aromatic heterocycles. The van der Waals surface area contributed by atoms with E-state index in [1.54, 1.807) is 6.07 Å². The number of aryl methyl sites for hydroxylation is 1. The minimum absolute atomic E-state index is 0.241. The number of hydrogen-bond donors (Lipinski definition) is 0. The van der Waals surface area contributed by atoms with Crippen LogP contribution >= 0.6 is 11.6 Å². The van der Waals surface area contributed by atoms with Gasteiger partial charge in [0.05, 0.1) is 5.69 Å². The molecule has 0 unspecified atom stereocenters. The van der Waals surface area contributed by atoms with Crippen molar-refractivity contribution in [3.05, 3.63) is 64.5 Å². The molecule has 1 nitrogen and oxygen atoms in total. The summed E-state index contributed by atoms with van der Waals surface area (Å²) in [6.45, 7) is 2.03. The molecule has 0 atom stereocenters. The Bertz CT molecular complexity index is 662. The molecule has 0 amide bonds. The first-order valence-corrected chi connectivity index (χ1v) is 6.14. The third-order valence-corrected chi connectivity index (χ3v) is 3.41. The van der Waals surface area contributed by atoms with Crippen LogP contribution in [0.1, 0.15) is 22.3 Å². The third kappa shape index (κ3) is 1.93. The highest BCUT2D eigenvalue weighted by molar-refractivity contribution is 6.70. The van der Waals surface area contributed by atoms with Gasteiger partial charge >= 0.3 is 0 Å². The Morgan fingerprint density at radius 1 is 1.11 bits per heavy atom. The first-order valence-electron chi connectivity index (χ1n) is 5.76. The van der Waals surface area contributed by atoms with Crippen molar-refractivity contribution in [1.82, 2.24) is 0 Å². The van der Waals surface area contributed by atoms with E-state index in [4.69, 9.17) is 11.6 Å². The lowest BCUT2D eigenvalue weighted by Crippen LogP contribution is -1.97. The Kier molecular flexibility index (Phi) is 2.67. The number of fused-ring (bicyclic) bond motifs is 2. The Hall–Kier alpha value is -1.67. The van der Waals surface area contributed by atoms with E-state index in [-0.39, 0.29) is 5.82 Å². The van der Waals surface area contributed by atoms with E-state index in [1.165, 1.54) is 17.7 Å². The summed E-state index contributed by atoms with van der Waals surface area (Å²) < 4.78 is 13.3. The van der Waals surface area contributed by atoms with Crippen molar-refractivity contribution in [3.63, 3.8) is 0 Å². The van der Waals surface area contributed by atoms with Crippen LogP contribution in [-0.4, -0.2) is 5.17 Å². The van der Waals surface area contributed by atoms with Crippen LogP contribution in [0.3, 0.4) is 0 Å². The number of nitrogens with zero attached hydrogens (tertiary/aromatic N) is 1. The van der Waals surface area contributed by atoms with Crippen molar-refractivity contribution in [2.75, 3.05) is 0 Å². The SMILES string of the molecule is Cc1ccc2c(c1)Cc1cc(F)ccc1C(Cl)=N2. The second-order valence-corrected chi connectivity index (χ2v) is 4.87. The van der Waals surface area contributed by atoms with Gasteiger partial charge in [0.25, 0.3) is 0 Å². The van der Waals surface area contributed by atoms with Crippen molar-refractivity contribution in [3.8, 4) is 0 Å². The lowest BCUT2D eigenvalue weighted by molar-refractivity contribution is 0.626. The molecule has 3 heteroatoms. The molecular weight excluding hydrogens is 249 g/mol. The molecule has 2 aromatic carbocycles. The molecule has 0 spiro atoms. The fraction of sp³-hybridized carbons (Fsp3) is 0.133. The number of rotatable bonds is 0. The Labute approximate surface area is 110 Å². The average Bonchev–Trinajstić information content (AvgIpc) is 2.44. The summed E-state index contributed by atoms with van der Waals surface area (Å²) in [5.74, 6) is -0.241. The maximum atomic E-state index is 13.3. The summed E-state index contributed by atoms with van der Waals surface area (Å²) >= 11 is 6.20. The molecular formula is C15H11ClFN. The van der Waals surface area contributed by atoms with Crippen LogP contribution in [0.15, 0.2) is 41.4 Å². The van der Waals surface area contributed by atoms with E-state index in [2.05, 4.69) is 11.1 Å². The summed E-state index contributed by atoms with van der Waals surface area (Å²) in [7, 11) is 0. The smallest absolute Gasteiger partial charge is 0.137 e. The summed E-state index contributed by atoms with van der Waals surface area (Å²) in [6.07, 6.45) is 0.657. The summed E-state index contributed by atoms with van der Waals surface area (Å²) in [5, 5.41) is 0.424. The van der Waals surface area contributed by atoms with Gasteiger partial charge in [0.2, 0.25) is 0 Å². The molecule has 0 fully saturated rings. The summed E-state index contributed by atoms with van der Waals surface area (Å²) in [4.78, 5) is 4.41. The molecule has 1 aliphatic rings. The fourth-order valence-electron chi connectivity index (χ4n) is 2.25. The van der Waals surface area contributed by atoms with Gasteiger partial charge < -0.3 is 0 Å². The largest absolute Gasteiger partial charge is 0.236 e. The van der Waals surface area contributed by atoms with Crippen LogP contribution in [0, 0.1) is 12.7 Å². The van der Waals surface area contributed by atoms with Gasteiger partial charge in [-0.3, -0.25) is 0 Å². The summed E-state index contributed by atoms with van der Waals surface area (Å²) in [5.41, 5.74) is 4.81. The number of hydrogen-bond acceptors (Lipinski definition) is 1. The molecule has 0 aliphatic carbocycles. The van der Waals surface area contributed by atoms with Gasteiger partial charge in [0.1, 0.15) is 11.0 Å². The number of halogens is 2. The normalized spacial score (nSPS) is 13.4. The molecule has 0 bridgehead atoms. The van der Waals surface area contributed by atoms with Gasteiger partial charge in [0, 0.05) is 12.0 Å². The minimum Gasteiger partial charge on any atom is -0.236 e. The van der Waals surface area contributed by atoms with E-state index < -0.39 is 0 Å². The van der Waals surface area contributed by atoms with Gasteiger partial charge in [-0.15, -0.1) is 0 Å². The molecule has 18 heavy (non-hydrogen) atoms. The first-order chi connectivity index (χ1) is 8.63. The number of benzene rings is 2. The molecule has 0 N–H and O–H groups in total. The average molecular weight is 260 g/mol. The van der Waals surface area contributed by atoms with E-state index in [1.807, 2.05) is 19.1 Å². The Morgan fingerprint density at radius 3 is 2.78 bits per heavy atom. The van der Waals surface area contributed by atoms with Crippen molar-refractivity contribution in [1.29, 1.82) is 0 Å². The van der Waals surface area contributed by atoms with Crippen LogP contribution in [0.5, 0.6) is 0 Å². The van der Waals surface area contributed by atoms with Crippen LogP contribution < -0.4 is 0 Å². The van der Waals surface area contributed by atoms with Gasteiger partial charge in [-0.05, 0) is 42.3 Å². The van der Waals surface area contributed by atoms with Crippen molar-refractivity contribution in [2.24, 2.45) is 4.99 Å². The number of aliphatic imine (C=N–C) groups is 1. The van der Waals surface area contributed by atoms with Crippen molar-refractivity contribution >= 4 is 22.5 Å². The molecule has 1 heterocycles. The van der Waals surface area contributed by atoms with E-state index >= 15 is 0 Å². The van der Waals surface area contributed by atoms with Crippen molar-refractivity contribution < 1.29 is 4.39 Å². The van der Waals surface area contributed by atoms with E-state index in [0.29, 0.717) is 11.6 Å². The quantitative estimate of drug-likeness (QED) is 0.667. The first kappa shape index (κ1) is 11.4. The van der Waals surface area contributed by atoms with Crippen LogP contribution in [0.2, 0.25) is 0 Å². The Balaban J connectivity index is 2.23. The second-order valence-electron chi connectivity index (χ2n) is 4.51. The predicted octanol–water partition coefficient (Wildman–Crippen LogP) is 4.36. The second kappa shape index (κ2) is 4.21. The lowest BCUT2D eigenvalue weighted by Gasteiger charge is -2.06. The summed E-state index contributed by atoms with van der Waals surface area (Å²) in [6, 6.07) is 10.7. The molecule has 1 aliphatic heterocycles. The molecule has 2 aromatic rings. The molecule has 0 radical (unpaired) electrons. The van der Waals surface area contributed by atoms with Gasteiger partial charge in [-0.25, -0.2) is 9.38 Å². The van der Waals surface area contributed by atoms with Crippen molar-refractivity contribution in [2.45, 2.75) is 13.3 Å². The zero-order valence-corrected chi connectivity index (χ0v) is 10.6. The standard InChI is InChI=1S/C15H11ClFN/c1-9-2-5-14-11(6-9)7-10-8-12(17)3-4-13(10)15(16)18-14/h2-6,8H,7H2,1H3. The van der Waals surface area contributed by atoms with Gasteiger partial charge in [-0.1, -0.05) is 29.3 Å². The van der Waals surface area contributed by atoms with Crippen LogP contribution in [0.4, 0.5) is 10.1 Å². The fourth-order valence-corrected chi connectivity index (χ4v) is 2.52. The molecule has 0 saturated heterocycles. The van der Waals surface area contributed by atoms with Gasteiger partial charge in [-0.2, -0.15) is 0 Å². The molecule has 90 valence electrons. The maximum Gasteiger partial charge on any atom is 0.137 e. The van der Waals surface area contributed by atoms with Gasteiger partial charge in [0.15, 0.2) is 0 Å². The Morgan fingerprint density at radius 2 is 1.94 bits per heavy atom. The molecule has 3 rings (SSSR count). The predicted molar refractivity (Wildman–Crippen MR) is 72.4 cm³/mol. The van der Waals surface area contributed by atoms with E-state index in [9.17, 15) is 4.39 Å².